The molecule has 4 rings (SSSR count). The van der Waals surface area contributed by atoms with Gasteiger partial charge in [-0.05, 0) is 83.1 Å². The summed E-state index contributed by atoms with van der Waals surface area (Å²) in [6.07, 6.45) is 4.94. The number of carbonyl (C=O) groups excluding carboxylic acids is 2. The highest BCUT2D eigenvalue weighted by atomic mass is 19.1. The van der Waals surface area contributed by atoms with E-state index in [0.29, 0.717) is 35.4 Å². The van der Waals surface area contributed by atoms with Crippen molar-refractivity contribution in [3.63, 3.8) is 0 Å². The predicted octanol–water partition coefficient (Wildman–Crippen LogP) is 4.20. The second-order valence-corrected chi connectivity index (χ2v) is 11.0. The van der Waals surface area contributed by atoms with Gasteiger partial charge in [0, 0.05) is 19.1 Å². The van der Waals surface area contributed by atoms with Gasteiger partial charge in [-0.1, -0.05) is 6.07 Å². The van der Waals surface area contributed by atoms with Gasteiger partial charge in [0.2, 0.25) is 0 Å². The second-order valence-electron chi connectivity index (χ2n) is 11.0. The van der Waals surface area contributed by atoms with Crippen LogP contribution in [0.3, 0.4) is 0 Å². The first-order chi connectivity index (χ1) is 19.0. The molecule has 11 nitrogen and oxygen atoms in total. The van der Waals surface area contributed by atoms with Crippen molar-refractivity contribution in [1.29, 1.82) is 0 Å². The van der Waals surface area contributed by atoms with Crippen LogP contribution in [0.4, 0.5) is 9.18 Å². The maximum Gasteiger partial charge on any atom is 0.407 e. The molecule has 1 fully saturated rings. The van der Waals surface area contributed by atoms with Crippen molar-refractivity contribution in [1.82, 2.24) is 35.4 Å². The van der Waals surface area contributed by atoms with E-state index in [9.17, 15) is 14.0 Å². The van der Waals surface area contributed by atoms with Crippen LogP contribution >= 0.6 is 0 Å². The Kier molecular flexibility index (Phi) is 8.96. The van der Waals surface area contributed by atoms with Crippen LogP contribution in [0.1, 0.15) is 68.3 Å². The number of aryl methyl sites for hydroxylation is 1. The third-order valence-corrected chi connectivity index (χ3v) is 6.52. The number of nitrogens with one attached hydrogen (secondary N) is 2. The molecular weight excluding hydrogens is 517 g/mol. The van der Waals surface area contributed by atoms with Crippen LogP contribution in [0.25, 0.3) is 11.5 Å². The lowest BCUT2D eigenvalue weighted by molar-refractivity contribution is 0.0485. The predicted molar refractivity (Wildman–Crippen MR) is 145 cm³/mol. The Morgan fingerprint density at radius 3 is 2.58 bits per heavy atom. The number of halogens is 1. The number of hydrogen-bond acceptors (Lipinski definition) is 8. The molecule has 2 heterocycles. The van der Waals surface area contributed by atoms with Crippen LogP contribution in [-0.4, -0.2) is 55.5 Å². The molecule has 1 aromatic carbocycles. The number of rotatable bonds is 8. The van der Waals surface area contributed by atoms with Gasteiger partial charge in [-0.2, -0.15) is 0 Å². The number of carbonyl (C=O) groups is 2. The lowest BCUT2D eigenvalue weighted by Crippen LogP contribution is -2.41. The van der Waals surface area contributed by atoms with E-state index in [4.69, 9.17) is 9.47 Å². The van der Waals surface area contributed by atoms with E-state index in [0.717, 1.165) is 25.7 Å². The number of nitrogens with zero attached hydrogens (tertiary/aromatic N) is 5. The molecule has 2 aromatic heterocycles. The van der Waals surface area contributed by atoms with Gasteiger partial charge in [-0.25, -0.2) is 24.1 Å². The lowest BCUT2D eigenvalue weighted by Gasteiger charge is -2.30. The van der Waals surface area contributed by atoms with Gasteiger partial charge in [-0.15, -0.1) is 5.10 Å². The van der Waals surface area contributed by atoms with Crippen molar-refractivity contribution in [2.24, 2.45) is 5.92 Å². The first kappa shape index (κ1) is 28.9. The summed E-state index contributed by atoms with van der Waals surface area (Å²) >= 11 is 0. The summed E-state index contributed by atoms with van der Waals surface area (Å²) in [4.78, 5) is 38.0. The van der Waals surface area contributed by atoms with E-state index in [2.05, 4.69) is 30.7 Å². The van der Waals surface area contributed by atoms with Crippen LogP contribution in [0.2, 0.25) is 0 Å². The van der Waals surface area contributed by atoms with E-state index in [1.165, 1.54) is 19.2 Å². The topological polar surface area (TPSA) is 133 Å². The Labute approximate surface area is 232 Å². The van der Waals surface area contributed by atoms with Gasteiger partial charge in [-0.3, -0.25) is 9.48 Å². The Bertz CT molecular complexity index is 1350. The maximum atomic E-state index is 13.7. The SMILES string of the molecule is COc1cc(CNC(=O)c2cc(-c3ncn(C[C@H]4CC[C@H](NC(=O)OC(C)(C)C)CC4)n3)nc(C)n2)ccc1F. The van der Waals surface area contributed by atoms with Crippen LogP contribution in [0.5, 0.6) is 5.75 Å². The first-order valence-corrected chi connectivity index (χ1v) is 13.3. The van der Waals surface area contributed by atoms with Gasteiger partial charge in [0.1, 0.15) is 29.1 Å². The summed E-state index contributed by atoms with van der Waals surface area (Å²) in [5.41, 5.74) is 0.804. The molecular formula is C28H36FN7O4. The maximum absolute atomic E-state index is 13.7. The van der Waals surface area contributed by atoms with Crippen LogP contribution in [0, 0.1) is 18.7 Å². The second kappa shape index (κ2) is 12.4. The molecule has 0 radical (unpaired) electrons. The average molecular weight is 554 g/mol. The third kappa shape index (κ3) is 7.96. The van der Waals surface area contributed by atoms with E-state index < -0.39 is 17.3 Å². The fourth-order valence-electron chi connectivity index (χ4n) is 4.61. The highest BCUT2D eigenvalue weighted by Gasteiger charge is 2.25. The van der Waals surface area contributed by atoms with Crippen LogP contribution in [-0.2, 0) is 17.8 Å². The third-order valence-electron chi connectivity index (χ3n) is 6.52. The smallest absolute Gasteiger partial charge is 0.407 e. The zero-order valence-electron chi connectivity index (χ0n) is 23.5. The first-order valence-electron chi connectivity index (χ1n) is 13.3. The zero-order valence-corrected chi connectivity index (χ0v) is 23.5. The molecule has 1 saturated carbocycles. The van der Waals surface area contributed by atoms with Gasteiger partial charge in [0.25, 0.3) is 5.91 Å². The molecule has 1 aliphatic carbocycles. The van der Waals surface area contributed by atoms with Gasteiger partial charge in [0.05, 0.1) is 7.11 Å². The molecule has 0 aliphatic heterocycles. The van der Waals surface area contributed by atoms with Gasteiger partial charge in [0.15, 0.2) is 17.4 Å². The van der Waals surface area contributed by atoms with E-state index in [1.807, 2.05) is 20.8 Å². The quantitative estimate of drug-likeness (QED) is 0.424. The number of hydrogen-bond donors (Lipinski definition) is 2. The van der Waals surface area contributed by atoms with Crippen LogP contribution in [0.15, 0.2) is 30.6 Å². The Morgan fingerprint density at radius 1 is 1.12 bits per heavy atom. The van der Waals surface area contributed by atoms with E-state index in [1.54, 1.807) is 30.1 Å². The number of aromatic nitrogens is 5. The normalized spacial score (nSPS) is 17.2. The monoisotopic (exact) mass is 553 g/mol. The molecule has 2 N–H and O–H groups in total. The summed E-state index contributed by atoms with van der Waals surface area (Å²) in [6.45, 7) is 8.12. The van der Waals surface area contributed by atoms with Crippen molar-refractivity contribution in [3.8, 4) is 17.3 Å². The summed E-state index contributed by atoms with van der Waals surface area (Å²) in [5.74, 6) is 0.472. The molecule has 0 bridgehead atoms. The molecule has 40 heavy (non-hydrogen) atoms. The standard InChI is InChI=1S/C28H36FN7O4/c1-17-32-22(13-23(33-17)26(37)30-14-19-8-11-21(29)24(12-19)39-5)25-31-16-36(35-25)15-18-6-9-20(10-7-18)34-27(38)40-28(2,3)4/h8,11-13,16,18,20H,6-7,9-10,14-15H2,1-5H3,(H,30,37)(H,34,38)/t18-,20-. The number of methoxy groups -OCH3 is 1. The average Bonchev–Trinajstić information content (AvgIpc) is 3.36. The van der Waals surface area contributed by atoms with E-state index in [-0.39, 0.29) is 30.1 Å². The summed E-state index contributed by atoms with van der Waals surface area (Å²) in [7, 11) is 1.39. The minimum absolute atomic E-state index is 0.107. The number of alkyl carbamates (subject to hydrolysis) is 1. The number of benzene rings is 1. The highest BCUT2D eigenvalue weighted by Crippen LogP contribution is 2.26. The minimum atomic E-state index is -0.516. The Hall–Kier alpha value is -4.09. The Balaban J connectivity index is 1.32. The molecule has 214 valence electrons. The van der Waals surface area contributed by atoms with Crippen molar-refractivity contribution >= 4 is 12.0 Å². The van der Waals surface area contributed by atoms with Crippen molar-refractivity contribution in [3.05, 3.63) is 53.5 Å². The van der Waals surface area contributed by atoms with E-state index >= 15 is 0 Å². The Morgan fingerprint density at radius 2 is 1.88 bits per heavy atom. The molecule has 0 atom stereocenters. The summed E-state index contributed by atoms with van der Waals surface area (Å²) in [6, 6.07) is 6.07. The van der Waals surface area contributed by atoms with Crippen molar-refractivity contribution in [2.45, 2.75) is 78.1 Å². The number of amides is 2. The highest BCUT2D eigenvalue weighted by molar-refractivity contribution is 5.93. The summed E-state index contributed by atoms with van der Waals surface area (Å²) < 4.78 is 25.8. The largest absolute Gasteiger partial charge is 0.494 e. The molecule has 2 amide bonds. The molecule has 3 aromatic rings. The van der Waals surface area contributed by atoms with Gasteiger partial charge < -0.3 is 20.1 Å². The molecule has 12 heteroatoms. The fourth-order valence-corrected chi connectivity index (χ4v) is 4.61. The molecule has 1 aliphatic rings. The fraction of sp³-hybridized carbons (Fsp3) is 0.500. The molecule has 0 saturated heterocycles. The lowest BCUT2D eigenvalue weighted by atomic mass is 9.86. The van der Waals surface area contributed by atoms with Crippen LogP contribution < -0.4 is 15.4 Å². The molecule has 0 unspecified atom stereocenters. The summed E-state index contributed by atoms with van der Waals surface area (Å²) in [5, 5.41) is 10.3. The zero-order chi connectivity index (χ0) is 28.9. The van der Waals surface area contributed by atoms with Crippen molar-refractivity contribution in [2.75, 3.05) is 7.11 Å². The number of ether oxygens (including phenoxy) is 2. The molecule has 0 spiro atoms. The van der Waals surface area contributed by atoms with Crippen molar-refractivity contribution < 1.29 is 23.5 Å². The van der Waals surface area contributed by atoms with Gasteiger partial charge >= 0.3 is 6.09 Å². The minimum Gasteiger partial charge on any atom is -0.494 e.